The Bertz CT molecular complexity index is 457. The van der Waals surface area contributed by atoms with Crippen LogP contribution in [-0.4, -0.2) is 16.7 Å². The molecule has 0 heterocycles. The Kier molecular flexibility index (Phi) is 2.77. The molecule has 1 aromatic carbocycles. The molecule has 1 aliphatic carbocycles. The van der Waals surface area contributed by atoms with Gasteiger partial charge in [0.15, 0.2) is 11.6 Å². The molecule has 2 rings (SSSR count). The summed E-state index contributed by atoms with van der Waals surface area (Å²) in [6, 6.07) is 3.00. The summed E-state index contributed by atoms with van der Waals surface area (Å²) in [6.07, 6.45) is 1.54. The fraction of sp³-hybridized carbons (Fsp3) is 0.417. The summed E-state index contributed by atoms with van der Waals surface area (Å²) in [5.74, 6) is -3.18. The van der Waals surface area contributed by atoms with Crippen LogP contribution in [-0.2, 0) is 4.79 Å². The number of carbonyl (C=O) groups is 1. The molecule has 1 N–H and O–H groups in total. The second-order valence-electron chi connectivity index (χ2n) is 4.36. The van der Waals surface area contributed by atoms with Crippen LogP contribution in [0.2, 0.25) is 0 Å². The lowest BCUT2D eigenvalue weighted by Gasteiger charge is -2.26. The van der Waals surface area contributed by atoms with Crippen molar-refractivity contribution in [2.75, 3.05) is 0 Å². The first kappa shape index (κ1) is 11.8. The quantitative estimate of drug-likeness (QED) is 0.882. The van der Waals surface area contributed by atoms with Crippen molar-refractivity contribution >= 4 is 5.97 Å². The van der Waals surface area contributed by atoms with Gasteiger partial charge in [-0.3, -0.25) is 0 Å². The number of benzene rings is 1. The van der Waals surface area contributed by atoms with E-state index in [0.29, 0.717) is 0 Å². The van der Waals surface area contributed by atoms with Crippen LogP contribution in [0.1, 0.15) is 19.8 Å². The minimum Gasteiger partial charge on any atom is -0.478 e. The van der Waals surface area contributed by atoms with Crippen molar-refractivity contribution in [3.8, 4) is 5.75 Å². The third-order valence-corrected chi connectivity index (χ3v) is 3.00. The number of carboxylic acids is 1. The third-order valence-electron chi connectivity index (χ3n) is 3.00. The molecule has 0 amide bonds. The number of carboxylic acid groups (broad SMARTS) is 1. The molecule has 5 heteroatoms. The lowest BCUT2D eigenvalue weighted by atomic mass is 10.0. The van der Waals surface area contributed by atoms with Crippen LogP contribution in [0, 0.1) is 17.6 Å². The van der Waals surface area contributed by atoms with Gasteiger partial charge in [0, 0.05) is 12.0 Å². The molecule has 0 aliphatic heterocycles. The molecule has 1 atom stereocenters. The van der Waals surface area contributed by atoms with E-state index >= 15 is 0 Å². The van der Waals surface area contributed by atoms with Crippen molar-refractivity contribution in [2.24, 2.45) is 5.92 Å². The molecule has 17 heavy (non-hydrogen) atoms. The number of hydrogen-bond donors (Lipinski definition) is 1. The second kappa shape index (κ2) is 3.98. The lowest BCUT2D eigenvalue weighted by Crippen LogP contribution is -2.43. The van der Waals surface area contributed by atoms with Gasteiger partial charge in [0.05, 0.1) is 0 Å². The molecule has 1 aliphatic rings. The smallest absolute Gasteiger partial charge is 0.348 e. The SMILES string of the molecule is CC(Oc1ccc(F)c(F)c1)(C(=O)O)C1CC1. The Hall–Kier alpha value is -1.65. The number of hydrogen-bond acceptors (Lipinski definition) is 2. The number of ether oxygens (including phenoxy) is 1. The predicted octanol–water partition coefficient (Wildman–Crippen LogP) is 2.60. The van der Waals surface area contributed by atoms with E-state index < -0.39 is 23.2 Å². The Balaban J connectivity index is 2.23. The van der Waals surface area contributed by atoms with Crippen LogP contribution in [0.25, 0.3) is 0 Å². The van der Waals surface area contributed by atoms with Crippen LogP contribution in [0.3, 0.4) is 0 Å². The highest BCUT2D eigenvalue weighted by molar-refractivity contribution is 5.78. The molecule has 0 bridgehead atoms. The zero-order valence-corrected chi connectivity index (χ0v) is 9.24. The second-order valence-corrected chi connectivity index (χ2v) is 4.36. The van der Waals surface area contributed by atoms with Crippen LogP contribution >= 0.6 is 0 Å². The van der Waals surface area contributed by atoms with E-state index in [1.165, 1.54) is 13.0 Å². The summed E-state index contributed by atoms with van der Waals surface area (Å²) in [4.78, 5) is 11.2. The number of halogens is 2. The summed E-state index contributed by atoms with van der Waals surface area (Å²) in [6.45, 7) is 1.45. The normalized spacial score (nSPS) is 18.5. The van der Waals surface area contributed by atoms with Gasteiger partial charge in [-0.05, 0) is 31.9 Å². The summed E-state index contributed by atoms with van der Waals surface area (Å²) < 4.78 is 31.0. The molecule has 0 spiro atoms. The first-order valence-electron chi connectivity index (χ1n) is 5.31. The van der Waals surface area contributed by atoms with E-state index in [1.807, 2.05) is 0 Å². The average Bonchev–Trinajstić information content (AvgIpc) is 3.07. The van der Waals surface area contributed by atoms with Crippen LogP contribution in [0.4, 0.5) is 8.78 Å². The largest absolute Gasteiger partial charge is 0.478 e. The van der Waals surface area contributed by atoms with Gasteiger partial charge in [-0.1, -0.05) is 0 Å². The lowest BCUT2D eigenvalue weighted by molar-refractivity contribution is -0.155. The van der Waals surface area contributed by atoms with Gasteiger partial charge in [-0.15, -0.1) is 0 Å². The molecule has 1 unspecified atom stereocenters. The summed E-state index contributed by atoms with van der Waals surface area (Å²) >= 11 is 0. The third kappa shape index (κ3) is 2.23. The molecule has 1 fully saturated rings. The average molecular weight is 242 g/mol. The Morgan fingerprint density at radius 3 is 2.53 bits per heavy atom. The first-order chi connectivity index (χ1) is 7.93. The zero-order valence-electron chi connectivity index (χ0n) is 9.24. The molecule has 3 nitrogen and oxygen atoms in total. The predicted molar refractivity (Wildman–Crippen MR) is 55.8 cm³/mol. The molecular weight excluding hydrogens is 230 g/mol. The number of aliphatic carboxylic acids is 1. The highest BCUT2D eigenvalue weighted by Gasteiger charge is 2.50. The van der Waals surface area contributed by atoms with Gasteiger partial charge in [0.2, 0.25) is 5.60 Å². The maximum atomic E-state index is 13.0. The van der Waals surface area contributed by atoms with Crippen LogP contribution < -0.4 is 4.74 Å². The Morgan fingerprint density at radius 2 is 2.06 bits per heavy atom. The van der Waals surface area contributed by atoms with Crippen molar-refractivity contribution < 1.29 is 23.4 Å². The van der Waals surface area contributed by atoms with Gasteiger partial charge in [-0.25, -0.2) is 13.6 Å². The molecule has 0 saturated heterocycles. The minimum atomic E-state index is -1.37. The standard InChI is InChI=1S/C12H12F2O3/c1-12(11(15)16,7-2-3-7)17-8-4-5-9(13)10(14)6-8/h4-7H,2-3H2,1H3,(H,15,16). The van der Waals surface area contributed by atoms with Gasteiger partial charge in [0.1, 0.15) is 5.75 Å². The molecule has 0 radical (unpaired) electrons. The van der Waals surface area contributed by atoms with E-state index in [-0.39, 0.29) is 11.7 Å². The highest BCUT2D eigenvalue weighted by Crippen LogP contribution is 2.42. The van der Waals surface area contributed by atoms with Crippen molar-refractivity contribution in [3.05, 3.63) is 29.8 Å². The van der Waals surface area contributed by atoms with Crippen molar-refractivity contribution in [2.45, 2.75) is 25.4 Å². The van der Waals surface area contributed by atoms with E-state index in [4.69, 9.17) is 9.84 Å². The van der Waals surface area contributed by atoms with Crippen LogP contribution in [0.15, 0.2) is 18.2 Å². The van der Waals surface area contributed by atoms with Gasteiger partial charge in [-0.2, -0.15) is 0 Å². The summed E-state index contributed by atoms with van der Waals surface area (Å²) in [5.41, 5.74) is -1.37. The monoisotopic (exact) mass is 242 g/mol. The zero-order chi connectivity index (χ0) is 12.6. The van der Waals surface area contributed by atoms with Crippen molar-refractivity contribution in [3.63, 3.8) is 0 Å². The Labute approximate surface area is 97.0 Å². The summed E-state index contributed by atoms with van der Waals surface area (Å²) in [5, 5.41) is 9.14. The maximum absolute atomic E-state index is 13.0. The van der Waals surface area contributed by atoms with Gasteiger partial charge in [0.25, 0.3) is 0 Å². The van der Waals surface area contributed by atoms with Gasteiger partial charge < -0.3 is 9.84 Å². The van der Waals surface area contributed by atoms with Crippen molar-refractivity contribution in [1.82, 2.24) is 0 Å². The van der Waals surface area contributed by atoms with E-state index in [2.05, 4.69) is 0 Å². The highest BCUT2D eigenvalue weighted by atomic mass is 19.2. The fourth-order valence-electron chi connectivity index (χ4n) is 1.72. The van der Waals surface area contributed by atoms with Crippen LogP contribution in [0.5, 0.6) is 5.75 Å². The first-order valence-corrected chi connectivity index (χ1v) is 5.31. The molecule has 0 aromatic heterocycles. The number of rotatable bonds is 4. The maximum Gasteiger partial charge on any atom is 0.348 e. The van der Waals surface area contributed by atoms with Gasteiger partial charge >= 0.3 is 5.97 Å². The molecule has 1 saturated carbocycles. The molecule has 92 valence electrons. The van der Waals surface area contributed by atoms with E-state index in [9.17, 15) is 13.6 Å². The Morgan fingerprint density at radius 1 is 1.41 bits per heavy atom. The summed E-state index contributed by atoms with van der Waals surface area (Å²) in [7, 11) is 0. The topological polar surface area (TPSA) is 46.5 Å². The minimum absolute atomic E-state index is 0.0284. The van der Waals surface area contributed by atoms with E-state index in [1.54, 1.807) is 0 Å². The van der Waals surface area contributed by atoms with E-state index in [0.717, 1.165) is 25.0 Å². The molecular formula is C12H12F2O3. The fourth-order valence-corrected chi connectivity index (χ4v) is 1.72. The van der Waals surface area contributed by atoms with Crippen molar-refractivity contribution in [1.29, 1.82) is 0 Å². The molecule has 1 aromatic rings.